The lowest BCUT2D eigenvalue weighted by Gasteiger charge is -2.15. The molecule has 4 nitrogen and oxygen atoms in total. The fourth-order valence-electron chi connectivity index (χ4n) is 1.26. The SMILES string of the molecule is CC(C)CNC(=O)C(C)Oc1cccc(O)c1. The largest absolute Gasteiger partial charge is 0.508 e. The second-order valence-corrected chi connectivity index (χ2v) is 4.40. The molecule has 0 saturated carbocycles. The molecule has 0 aliphatic carbocycles. The summed E-state index contributed by atoms with van der Waals surface area (Å²) in [4.78, 5) is 11.6. The van der Waals surface area contributed by atoms with E-state index >= 15 is 0 Å². The van der Waals surface area contributed by atoms with Gasteiger partial charge in [0.15, 0.2) is 6.10 Å². The number of phenols is 1. The minimum atomic E-state index is -0.574. The normalized spacial score (nSPS) is 12.2. The van der Waals surface area contributed by atoms with Crippen LogP contribution in [0.5, 0.6) is 11.5 Å². The van der Waals surface area contributed by atoms with Gasteiger partial charge in [0, 0.05) is 12.6 Å². The van der Waals surface area contributed by atoms with Crippen LogP contribution in [-0.4, -0.2) is 23.7 Å². The van der Waals surface area contributed by atoms with E-state index in [9.17, 15) is 9.90 Å². The molecule has 4 heteroatoms. The standard InChI is InChI=1S/C13H19NO3/c1-9(2)8-14-13(16)10(3)17-12-6-4-5-11(15)7-12/h4-7,9-10,15H,8H2,1-3H3,(H,14,16). The molecule has 0 aliphatic heterocycles. The number of amides is 1. The molecule has 2 N–H and O–H groups in total. The zero-order chi connectivity index (χ0) is 12.8. The summed E-state index contributed by atoms with van der Waals surface area (Å²) in [5, 5.41) is 12.1. The molecular formula is C13H19NO3. The second kappa shape index (κ2) is 6.13. The first kappa shape index (κ1) is 13.4. The Bertz CT molecular complexity index is 377. The van der Waals surface area contributed by atoms with Crippen molar-refractivity contribution in [2.24, 2.45) is 5.92 Å². The molecule has 1 amide bonds. The maximum absolute atomic E-state index is 11.6. The molecule has 1 atom stereocenters. The Labute approximate surface area is 102 Å². The van der Waals surface area contributed by atoms with Crippen molar-refractivity contribution in [2.75, 3.05) is 6.54 Å². The van der Waals surface area contributed by atoms with Gasteiger partial charge in [-0.15, -0.1) is 0 Å². The van der Waals surface area contributed by atoms with Crippen molar-refractivity contribution >= 4 is 5.91 Å². The van der Waals surface area contributed by atoms with E-state index in [0.29, 0.717) is 18.2 Å². The molecule has 1 rings (SSSR count). The molecule has 1 unspecified atom stereocenters. The maximum atomic E-state index is 11.6. The number of phenolic OH excluding ortho intramolecular Hbond substituents is 1. The molecule has 1 aromatic carbocycles. The number of hydrogen-bond donors (Lipinski definition) is 2. The second-order valence-electron chi connectivity index (χ2n) is 4.40. The third-order valence-electron chi connectivity index (χ3n) is 2.18. The Morgan fingerprint density at radius 3 is 2.71 bits per heavy atom. The van der Waals surface area contributed by atoms with Crippen LogP contribution >= 0.6 is 0 Å². The van der Waals surface area contributed by atoms with E-state index in [4.69, 9.17) is 4.74 Å². The van der Waals surface area contributed by atoms with Gasteiger partial charge in [-0.05, 0) is 25.0 Å². The summed E-state index contributed by atoms with van der Waals surface area (Å²) in [7, 11) is 0. The van der Waals surface area contributed by atoms with E-state index in [-0.39, 0.29) is 11.7 Å². The van der Waals surface area contributed by atoms with Gasteiger partial charge in [0.1, 0.15) is 11.5 Å². The highest BCUT2D eigenvalue weighted by Crippen LogP contribution is 2.18. The lowest BCUT2D eigenvalue weighted by molar-refractivity contribution is -0.127. The van der Waals surface area contributed by atoms with E-state index in [2.05, 4.69) is 5.32 Å². The summed E-state index contributed by atoms with van der Waals surface area (Å²) in [5.41, 5.74) is 0. The van der Waals surface area contributed by atoms with Gasteiger partial charge in [-0.2, -0.15) is 0 Å². The molecule has 0 aromatic heterocycles. The fourth-order valence-corrected chi connectivity index (χ4v) is 1.26. The summed E-state index contributed by atoms with van der Waals surface area (Å²) in [5.74, 6) is 0.864. The molecule has 0 spiro atoms. The van der Waals surface area contributed by atoms with Gasteiger partial charge in [0.2, 0.25) is 0 Å². The van der Waals surface area contributed by atoms with Crippen LogP contribution < -0.4 is 10.1 Å². The average molecular weight is 237 g/mol. The number of carbonyl (C=O) groups is 1. The van der Waals surface area contributed by atoms with Crippen molar-refractivity contribution in [3.05, 3.63) is 24.3 Å². The van der Waals surface area contributed by atoms with Crippen LogP contribution in [-0.2, 0) is 4.79 Å². The first-order valence-electron chi connectivity index (χ1n) is 5.72. The van der Waals surface area contributed by atoms with Crippen LogP contribution in [0.3, 0.4) is 0 Å². The van der Waals surface area contributed by atoms with E-state index in [1.165, 1.54) is 6.07 Å². The molecule has 0 radical (unpaired) electrons. The molecule has 0 fully saturated rings. The lowest BCUT2D eigenvalue weighted by atomic mass is 10.2. The predicted molar refractivity (Wildman–Crippen MR) is 66.0 cm³/mol. The van der Waals surface area contributed by atoms with Crippen molar-refractivity contribution in [2.45, 2.75) is 26.9 Å². The van der Waals surface area contributed by atoms with Crippen LogP contribution in [0.15, 0.2) is 24.3 Å². The molecule has 0 saturated heterocycles. The van der Waals surface area contributed by atoms with Crippen LogP contribution in [0.25, 0.3) is 0 Å². The van der Waals surface area contributed by atoms with Gasteiger partial charge >= 0.3 is 0 Å². The Balaban J connectivity index is 2.48. The quantitative estimate of drug-likeness (QED) is 0.822. The molecule has 0 bridgehead atoms. The number of benzene rings is 1. The number of nitrogens with one attached hydrogen (secondary N) is 1. The van der Waals surface area contributed by atoms with Crippen LogP contribution in [0.1, 0.15) is 20.8 Å². The van der Waals surface area contributed by atoms with E-state index < -0.39 is 6.10 Å². The minimum absolute atomic E-state index is 0.122. The van der Waals surface area contributed by atoms with Crippen molar-refractivity contribution < 1.29 is 14.6 Å². The Kier molecular flexibility index (Phi) is 4.82. The molecule has 94 valence electrons. The third-order valence-corrected chi connectivity index (χ3v) is 2.18. The Hall–Kier alpha value is -1.71. The van der Waals surface area contributed by atoms with Gasteiger partial charge < -0.3 is 15.2 Å². The Morgan fingerprint density at radius 1 is 1.41 bits per heavy atom. The van der Waals surface area contributed by atoms with E-state index in [1.54, 1.807) is 25.1 Å². The van der Waals surface area contributed by atoms with Crippen molar-refractivity contribution in [1.29, 1.82) is 0 Å². The monoisotopic (exact) mass is 237 g/mol. The zero-order valence-corrected chi connectivity index (χ0v) is 10.4. The summed E-state index contributed by atoms with van der Waals surface area (Å²) < 4.78 is 5.42. The fraction of sp³-hybridized carbons (Fsp3) is 0.462. The highest BCUT2D eigenvalue weighted by atomic mass is 16.5. The first-order chi connectivity index (χ1) is 7.99. The molecule has 1 aromatic rings. The van der Waals surface area contributed by atoms with E-state index in [0.717, 1.165) is 0 Å². The summed E-state index contributed by atoms with van der Waals surface area (Å²) in [6.45, 7) is 6.37. The van der Waals surface area contributed by atoms with Gasteiger partial charge in [0.05, 0.1) is 0 Å². The van der Waals surface area contributed by atoms with E-state index in [1.807, 2.05) is 13.8 Å². The van der Waals surface area contributed by atoms with Crippen molar-refractivity contribution in [1.82, 2.24) is 5.32 Å². The predicted octanol–water partition coefficient (Wildman–Crippen LogP) is 1.93. The number of ether oxygens (including phenoxy) is 1. The number of hydrogen-bond acceptors (Lipinski definition) is 3. The Morgan fingerprint density at radius 2 is 2.12 bits per heavy atom. The smallest absolute Gasteiger partial charge is 0.260 e. The zero-order valence-electron chi connectivity index (χ0n) is 10.4. The number of rotatable bonds is 5. The van der Waals surface area contributed by atoms with Gasteiger partial charge in [-0.1, -0.05) is 19.9 Å². The van der Waals surface area contributed by atoms with Gasteiger partial charge in [-0.3, -0.25) is 4.79 Å². The van der Waals surface area contributed by atoms with Crippen molar-refractivity contribution in [3.8, 4) is 11.5 Å². The molecular weight excluding hydrogens is 218 g/mol. The van der Waals surface area contributed by atoms with Crippen LogP contribution in [0.2, 0.25) is 0 Å². The van der Waals surface area contributed by atoms with Gasteiger partial charge in [0.25, 0.3) is 5.91 Å². The van der Waals surface area contributed by atoms with Crippen LogP contribution in [0, 0.1) is 5.92 Å². The van der Waals surface area contributed by atoms with Gasteiger partial charge in [-0.25, -0.2) is 0 Å². The number of carbonyl (C=O) groups excluding carboxylic acids is 1. The lowest BCUT2D eigenvalue weighted by Crippen LogP contribution is -2.38. The average Bonchev–Trinajstić information content (AvgIpc) is 2.25. The third kappa shape index (κ3) is 4.76. The topological polar surface area (TPSA) is 58.6 Å². The highest BCUT2D eigenvalue weighted by molar-refractivity contribution is 5.80. The van der Waals surface area contributed by atoms with Crippen molar-refractivity contribution in [3.63, 3.8) is 0 Å². The molecule has 0 heterocycles. The highest BCUT2D eigenvalue weighted by Gasteiger charge is 2.14. The molecule has 17 heavy (non-hydrogen) atoms. The maximum Gasteiger partial charge on any atom is 0.260 e. The first-order valence-corrected chi connectivity index (χ1v) is 5.72. The summed E-state index contributed by atoms with van der Waals surface area (Å²) >= 11 is 0. The summed E-state index contributed by atoms with van der Waals surface area (Å²) in [6, 6.07) is 6.40. The van der Waals surface area contributed by atoms with Crippen LogP contribution in [0.4, 0.5) is 0 Å². The number of aromatic hydroxyl groups is 1. The molecule has 0 aliphatic rings. The minimum Gasteiger partial charge on any atom is -0.508 e. The summed E-state index contributed by atoms with van der Waals surface area (Å²) in [6.07, 6.45) is -0.574.